The van der Waals surface area contributed by atoms with Crippen molar-refractivity contribution in [2.45, 2.75) is 39.0 Å². The van der Waals surface area contributed by atoms with Crippen LogP contribution >= 0.6 is 0 Å². The highest BCUT2D eigenvalue weighted by molar-refractivity contribution is 5.29. The maximum atomic E-state index is 2.36. The molecule has 0 saturated heterocycles. The molecule has 0 N–H and O–H groups in total. The summed E-state index contributed by atoms with van der Waals surface area (Å²) in [7, 11) is 6.86. The maximum absolute atomic E-state index is 2.36. The first-order chi connectivity index (χ1) is 7.83. The summed E-state index contributed by atoms with van der Waals surface area (Å²) in [5, 5.41) is 0. The van der Waals surface area contributed by atoms with Crippen LogP contribution in [0.2, 0.25) is 0 Å². The highest BCUT2D eigenvalue weighted by Gasteiger charge is 2.34. The van der Waals surface area contributed by atoms with Crippen LogP contribution in [0.1, 0.15) is 37.8 Å². The number of likely N-dealkylation sites (N-methyl/N-ethyl adjacent to an activating group) is 1. The van der Waals surface area contributed by atoms with Crippen LogP contribution in [-0.2, 0) is 5.41 Å². The summed E-state index contributed by atoms with van der Waals surface area (Å²) in [5.74, 6) is 0. The summed E-state index contributed by atoms with van der Waals surface area (Å²) in [6, 6.07) is 9.05. The molecule has 0 bridgehead atoms. The average Bonchev–Trinajstić information content (AvgIpc) is 2.25. The predicted molar refractivity (Wildman–Crippen MR) is 76.3 cm³/mol. The van der Waals surface area contributed by atoms with Crippen LogP contribution in [0.25, 0.3) is 0 Å². The van der Waals surface area contributed by atoms with Gasteiger partial charge < -0.3 is 4.48 Å². The van der Waals surface area contributed by atoms with Gasteiger partial charge in [0.2, 0.25) is 0 Å². The minimum atomic E-state index is 0.324. The van der Waals surface area contributed by atoms with Gasteiger partial charge in [0.05, 0.1) is 27.7 Å². The lowest BCUT2D eigenvalue weighted by Gasteiger charge is -2.39. The van der Waals surface area contributed by atoms with Crippen LogP contribution < -0.4 is 0 Å². The second kappa shape index (κ2) is 5.22. The van der Waals surface area contributed by atoms with E-state index in [2.05, 4.69) is 66.2 Å². The molecule has 0 aliphatic carbocycles. The van der Waals surface area contributed by atoms with Gasteiger partial charge in [-0.15, -0.1) is 0 Å². The van der Waals surface area contributed by atoms with E-state index in [1.165, 1.54) is 30.5 Å². The number of hydrogen-bond acceptors (Lipinski definition) is 0. The zero-order chi connectivity index (χ0) is 13.1. The minimum absolute atomic E-state index is 0.324. The molecule has 0 saturated carbocycles. The Morgan fingerprint density at radius 1 is 1.06 bits per heavy atom. The summed E-state index contributed by atoms with van der Waals surface area (Å²) in [6.45, 7) is 8.03. The van der Waals surface area contributed by atoms with E-state index in [4.69, 9.17) is 0 Å². The largest absolute Gasteiger partial charge is 0.330 e. The lowest BCUT2D eigenvalue weighted by molar-refractivity contribution is -0.875. The number of nitrogens with zero attached hydrogens (tertiary/aromatic N) is 1. The van der Waals surface area contributed by atoms with Gasteiger partial charge >= 0.3 is 0 Å². The van der Waals surface area contributed by atoms with Gasteiger partial charge in [0.1, 0.15) is 0 Å². The summed E-state index contributed by atoms with van der Waals surface area (Å²) in [4.78, 5) is 0. The molecule has 0 spiro atoms. The molecular weight excluding hydrogens is 206 g/mol. The van der Waals surface area contributed by atoms with Crippen molar-refractivity contribution < 1.29 is 4.48 Å². The molecule has 1 rings (SSSR count). The normalized spacial score (nSPS) is 12.8. The Morgan fingerprint density at radius 2 is 1.65 bits per heavy atom. The monoisotopic (exact) mass is 234 g/mol. The van der Waals surface area contributed by atoms with E-state index in [0.717, 1.165) is 4.48 Å². The van der Waals surface area contributed by atoms with Gasteiger partial charge in [0.25, 0.3) is 0 Å². The summed E-state index contributed by atoms with van der Waals surface area (Å²) in [5.41, 5.74) is 3.20. The molecule has 1 aromatic rings. The molecule has 0 radical (unpaired) electrons. The van der Waals surface area contributed by atoms with E-state index >= 15 is 0 Å². The second-order valence-corrected chi connectivity index (χ2v) is 6.31. The number of aryl methyl sites for hydroxylation is 1. The Kier molecular flexibility index (Phi) is 4.37. The summed E-state index contributed by atoms with van der Waals surface area (Å²) >= 11 is 0. The Hall–Kier alpha value is -0.820. The fourth-order valence-corrected chi connectivity index (χ4v) is 2.86. The summed E-state index contributed by atoms with van der Waals surface area (Å²) in [6.07, 6.45) is 2.42. The maximum Gasteiger partial charge on any atom is 0.0878 e. The molecular formula is C16H28N+. The summed E-state index contributed by atoms with van der Waals surface area (Å²) < 4.78 is 1.02. The van der Waals surface area contributed by atoms with Crippen molar-refractivity contribution in [3.05, 3.63) is 35.4 Å². The Labute approximate surface area is 107 Å². The molecule has 1 aromatic carbocycles. The zero-order valence-corrected chi connectivity index (χ0v) is 12.4. The fraction of sp³-hybridized carbons (Fsp3) is 0.625. The Morgan fingerprint density at radius 3 is 2.06 bits per heavy atom. The van der Waals surface area contributed by atoms with Crippen molar-refractivity contribution in [2.75, 3.05) is 27.7 Å². The quantitative estimate of drug-likeness (QED) is 0.681. The van der Waals surface area contributed by atoms with Crippen molar-refractivity contribution in [1.82, 2.24) is 0 Å². The highest BCUT2D eigenvalue weighted by atomic mass is 15.3. The van der Waals surface area contributed by atoms with Crippen molar-refractivity contribution in [1.29, 1.82) is 0 Å². The van der Waals surface area contributed by atoms with E-state index in [-0.39, 0.29) is 0 Å². The molecule has 0 amide bonds. The molecule has 0 heterocycles. The molecule has 0 fully saturated rings. The topological polar surface area (TPSA) is 0 Å². The molecule has 96 valence electrons. The van der Waals surface area contributed by atoms with Gasteiger partial charge in [-0.3, -0.25) is 0 Å². The second-order valence-electron chi connectivity index (χ2n) is 6.31. The number of quaternary nitrogens is 1. The van der Waals surface area contributed by atoms with Crippen LogP contribution in [0.5, 0.6) is 0 Å². The van der Waals surface area contributed by atoms with Crippen LogP contribution in [0.15, 0.2) is 24.3 Å². The fourth-order valence-electron chi connectivity index (χ4n) is 2.86. The first kappa shape index (κ1) is 14.2. The molecule has 0 aliphatic rings. The van der Waals surface area contributed by atoms with Crippen LogP contribution in [0, 0.1) is 6.92 Å². The third-order valence-electron chi connectivity index (χ3n) is 3.76. The van der Waals surface area contributed by atoms with Gasteiger partial charge in [-0.2, -0.15) is 0 Å². The highest BCUT2D eigenvalue weighted by Crippen LogP contribution is 2.33. The molecule has 0 aliphatic heterocycles. The van der Waals surface area contributed by atoms with Crippen molar-refractivity contribution in [3.63, 3.8) is 0 Å². The van der Waals surface area contributed by atoms with Crippen LogP contribution in [0.4, 0.5) is 0 Å². The third kappa shape index (κ3) is 3.57. The van der Waals surface area contributed by atoms with Gasteiger partial charge in [-0.25, -0.2) is 0 Å². The standard InChI is InChI=1S/C16H28N/c1-7-16(8-2,13-17(4,5)6)15-11-9-10-14(3)12-15/h9-12H,7-8,13H2,1-6H3/q+1. The van der Waals surface area contributed by atoms with E-state index in [1.54, 1.807) is 0 Å². The third-order valence-corrected chi connectivity index (χ3v) is 3.76. The average molecular weight is 234 g/mol. The van der Waals surface area contributed by atoms with Gasteiger partial charge in [0, 0.05) is 5.41 Å². The van der Waals surface area contributed by atoms with Gasteiger partial charge in [-0.1, -0.05) is 43.7 Å². The SMILES string of the molecule is CCC(CC)(C[N+](C)(C)C)c1cccc(C)c1. The molecule has 1 heteroatoms. The van der Waals surface area contributed by atoms with Crippen molar-refractivity contribution in [3.8, 4) is 0 Å². The molecule has 0 unspecified atom stereocenters. The van der Waals surface area contributed by atoms with Crippen LogP contribution in [0.3, 0.4) is 0 Å². The van der Waals surface area contributed by atoms with E-state index in [0.29, 0.717) is 5.41 Å². The molecule has 17 heavy (non-hydrogen) atoms. The minimum Gasteiger partial charge on any atom is -0.330 e. The number of benzene rings is 1. The zero-order valence-electron chi connectivity index (χ0n) is 12.4. The molecule has 1 nitrogen and oxygen atoms in total. The predicted octanol–water partition coefficient (Wildman–Crippen LogP) is 3.76. The first-order valence-electron chi connectivity index (χ1n) is 6.70. The van der Waals surface area contributed by atoms with Crippen molar-refractivity contribution in [2.24, 2.45) is 0 Å². The Balaban J connectivity index is 3.15. The first-order valence-corrected chi connectivity index (χ1v) is 6.70. The van der Waals surface area contributed by atoms with E-state index in [9.17, 15) is 0 Å². The molecule has 0 aromatic heterocycles. The smallest absolute Gasteiger partial charge is 0.0878 e. The lowest BCUT2D eigenvalue weighted by atomic mass is 9.74. The van der Waals surface area contributed by atoms with Crippen LogP contribution in [-0.4, -0.2) is 32.2 Å². The van der Waals surface area contributed by atoms with E-state index in [1.807, 2.05) is 0 Å². The van der Waals surface area contributed by atoms with Gasteiger partial charge in [-0.05, 0) is 25.3 Å². The molecule has 0 atom stereocenters. The van der Waals surface area contributed by atoms with Gasteiger partial charge in [0.15, 0.2) is 0 Å². The van der Waals surface area contributed by atoms with E-state index < -0.39 is 0 Å². The Bertz CT molecular complexity index is 356. The number of rotatable bonds is 5. The lowest BCUT2D eigenvalue weighted by Crippen LogP contribution is -2.47. The number of hydrogen-bond donors (Lipinski definition) is 0. The van der Waals surface area contributed by atoms with Crippen molar-refractivity contribution >= 4 is 0 Å².